The molecule has 4 heteroatoms. The van der Waals surface area contributed by atoms with E-state index in [0.29, 0.717) is 0 Å². The molecule has 0 heterocycles. The van der Waals surface area contributed by atoms with Crippen molar-refractivity contribution in [2.24, 2.45) is 0 Å². The van der Waals surface area contributed by atoms with Crippen LogP contribution in [0.1, 0.15) is 33.6 Å². The molecule has 0 saturated heterocycles. The second-order valence-corrected chi connectivity index (χ2v) is 4.86. The van der Waals surface area contributed by atoms with E-state index in [9.17, 15) is 9.18 Å². The molecule has 0 unspecified atom stereocenters. The smallest absolute Gasteiger partial charge is 0.408 e. The lowest BCUT2D eigenvalue weighted by Crippen LogP contribution is -2.58. The molecule has 84 valence electrons. The summed E-state index contributed by atoms with van der Waals surface area (Å²) in [6.45, 7) is 5.27. The molecule has 1 fully saturated rings. The highest BCUT2D eigenvalue weighted by Gasteiger charge is 2.45. The molecule has 0 aromatic rings. The minimum absolute atomic E-state index is 0.169. The maximum atomic E-state index is 12.7. The van der Waals surface area contributed by atoms with Crippen LogP contribution in [-0.4, -0.2) is 23.4 Å². The van der Waals surface area contributed by atoms with E-state index in [2.05, 4.69) is 11.2 Å². The van der Waals surface area contributed by atoms with Crippen molar-refractivity contribution in [1.29, 1.82) is 0 Å². The van der Waals surface area contributed by atoms with Gasteiger partial charge in [-0.3, -0.25) is 0 Å². The molecule has 1 aliphatic rings. The molecule has 1 amide bonds. The topological polar surface area (TPSA) is 38.3 Å². The molecule has 0 spiro atoms. The van der Waals surface area contributed by atoms with Crippen LogP contribution < -0.4 is 5.32 Å². The number of ether oxygens (including phenoxy) is 1. The van der Waals surface area contributed by atoms with Crippen molar-refractivity contribution in [3.05, 3.63) is 0 Å². The Morgan fingerprint density at radius 2 is 2.13 bits per heavy atom. The van der Waals surface area contributed by atoms with Gasteiger partial charge in [0, 0.05) is 12.8 Å². The Bertz CT molecular complexity index is 295. The first-order valence-electron chi connectivity index (χ1n) is 4.89. The van der Waals surface area contributed by atoms with Crippen LogP contribution in [0.4, 0.5) is 9.18 Å². The monoisotopic (exact) mass is 213 g/mol. The van der Waals surface area contributed by atoms with Crippen LogP contribution in [0.15, 0.2) is 0 Å². The molecular weight excluding hydrogens is 197 g/mol. The number of nitrogens with one attached hydrogen (secondary N) is 1. The average Bonchev–Trinajstić information content (AvgIpc) is 1.97. The van der Waals surface area contributed by atoms with Crippen LogP contribution in [0.2, 0.25) is 0 Å². The highest BCUT2D eigenvalue weighted by molar-refractivity contribution is 5.70. The summed E-state index contributed by atoms with van der Waals surface area (Å²) in [6, 6.07) is 0. The number of carbonyl (C=O) groups excluding carboxylic acids is 1. The molecule has 1 N–H and O–H groups in total. The third-order valence-corrected chi connectivity index (χ3v) is 2.16. The van der Waals surface area contributed by atoms with E-state index in [1.807, 2.05) is 0 Å². The number of amides is 1. The van der Waals surface area contributed by atoms with E-state index < -0.39 is 23.4 Å². The molecule has 0 atom stereocenters. The van der Waals surface area contributed by atoms with Gasteiger partial charge in [0.15, 0.2) is 0 Å². The number of rotatable bonds is 1. The zero-order valence-corrected chi connectivity index (χ0v) is 9.26. The Morgan fingerprint density at radius 1 is 1.60 bits per heavy atom. The van der Waals surface area contributed by atoms with Gasteiger partial charge in [0.2, 0.25) is 0 Å². The second-order valence-electron chi connectivity index (χ2n) is 4.86. The number of carbonyl (C=O) groups is 1. The highest BCUT2D eigenvalue weighted by atomic mass is 19.1. The lowest BCUT2D eigenvalue weighted by atomic mass is 9.76. The first kappa shape index (κ1) is 11.8. The summed E-state index contributed by atoms with van der Waals surface area (Å²) in [5.41, 5.74) is -1.42. The molecular formula is C11H16FNO2. The molecule has 1 aliphatic carbocycles. The van der Waals surface area contributed by atoms with Crippen molar-refractivity contribution in [2.75, 3.05) is 0 Å². The standard InChI is InChI=1S/C11H16FNO2/c1-5-11(6-8(12)7-11)13-9(14)15-10(2,3)4/h1,8H,6-7H2,2-4H3,(H,13,14). The lowest BCUT2D eigenvalue weighted by Gasteiger charge is -2.40. The van der Waals surface area contributed by atoms with Gasteiger partial charge < -0.3 is 10.1 Å². The molecule has 15 heavy (non-hydrogen) atoms. The van der Waals surface area contributed by atoms with Gasteiger partial charge in [0.25, 0.3) is 0 Å². The first-order chi connectivity index (χ1) is 6.76. The first-order valence-corrected chi connectivity index (χ1v) is 4.89. The van der Waals surface area contributed by atoms with E-state index >= 15 is 0 Å². The summed E-state index contributed by atoms with van der Waals surface area (Å²) in [5, 5.41) is 2.53. The Labute approximate surface area is 89.4 Å². The third-order valence-electron chi connectivity index (χ3n) is 2.16. The quantitative estimate of drug-likeness (QED) is 0.677. The van der Waals surface area contributed by atoms with Gasteiger partial charge in [-0.2, -0.15) is 0 Å². The Kier molecular flexibility index (Phi) is 2.94. The zero-order valence-electron chi connectivity index (χ0n) is 9.26. The molecule has 1 rings (SSSR count). The summed E-state index contributed by atoms with van der Waals surface area (Å²) < 4.78 is 17.7. The average molecular weight is 213 g/mol. The van der Waals surface area contributed by atoms with E-state index in [1.165, 1.54) is 0 Å². The number of halogens is 1. The number of terminal acetylenes is 1. The van der Waals surface area contributed by atoms with Crippen molar-refractivity contribution in [2.45, 2.75) is 50.9 Å². The molecule has 0 radical (unpaired) electrons. The fraction of sp³-hybridized carbons (Fsp3) is 0.727. The van der Waals surface area contributed by atoms with Crippen molar-refractivity contribution in [3.8, 4) is 12.3 Å². The van der Waals surface area contributed by atoms with Gasteiger partial charge >= 0.3 is 6.09 Å². The normalized spacial score (nSPS) is 29.9. The molecule has 0 aromatic heterocycles. The lowest BCUT2D eigenvalue weighted by molar-refractivity contribution is 0.0349. The van der Waals surface area contributed by atoms with Crippen LogP contribution in [-0.2, 0) is 4.74 Å². The zero-order chi connectivity index (χ0) is 11.7. The molecule has 0 aromatic carbocycles. The summed E-state index contributed by atoms with van der Waals surface area (Å²) in [7, 11) is 0. The SMILES string of the molecule is C#CC1(NC(=O)OC(C)(C)C)CC(F)C1. The largest absolute Gasteiger partial charge is 0.444 e. The predicted molar refractivity (Wildman–Crippen MR) is 55.1 cm³/mol. The fourth-order valence-electron chi connectivity index (χ4n) is 1.45. The predicted octanol–water partition coefficient (Wildman–Crippen LogP) is 2.01. The van der Waals surface area contributed by atoms with Crippen LogP contribution in [0, 0.1) is 12.3 Å². The van der Waals surface area contributed by atoms with Crippen molar-refractivity contribution < 1.29 is 13.9 Å². The summed E-state index contributed by atoms with van der Waals surface area (Å²) in [6.07, 6.45) is 4.08. The Hall–Kier alpha value is -1.24. The van der Waals surface area contributed by atoms with Gasteiger partial charge in [-0.05, 0) is 20.8 Å². The van der Waals surface area contributed by atoms with Gasteiger partial charge in [-0.1, -0.05) is 5.92 Å². The third kappa shape index (κ3) is 3.12. The minimum atomic E-state index is -0.920. The van der Waals surface area contributed by atoms with Crippen molar-refractivity contribution >= 4 is 6.09 Å². The van der Waals surface area contributed by atoms with E-state index in [0.717, 1.165) is 0 Å². The molecule has 1 saturated carbocycles. The van der Waals surface area contributed by atoms with Gasteiger partial charge in [-0.25, -0.2) is 9.18 Å². The maximum Gasteiger partial charge on any atom is 0.408 e. The number of hydrogen-bond acceptors (Lipinski definition) is 2. The van der Waals surface area contributed by atoms with E-state index in [4.69, 9.17) is 11.2 Å². The van der Waals surface area contributed by atoms with Crippen molar-refractivity contribution in [1.82, 2.24) is 5.32 Å². The minimum Gasteiger partial charge on any atom is -0.444 e. The number of hydrogen-bond donors (Lipinski definition) is 1. The summed E-state index contributed by atoms with van der Waals surface area (Å²) >= 11 is 0. The fourth-order valence-corrected chi connectivity index (χ4v) is 1.45. The van der Waals surface area contributed by atoms with E-state index in [1.54, 1.807) is 20.8 Å². The van der Waals surface area contributed by atoms with Crippen LogP contribution in [0.3, 0.4) is 0 Å². The summed E-state index contributed by atoms with van der Waals surface area (Å²) in [5.74, 6) is 2.41. The number of alkyl carbamates (subject to hydrolysis) is 1. The second kappa shape index (κ2) is 3.73. The number of alkyl halides is 1. The highest BCUT2D eigenvalue weighted by Crippen LogP contribution is 2.34. The molecule has 0 bridgehead atoms. The van der Waals surface area contributed by atoms with Crippen molar-refractivity contribution in [3.63, 3.8) is 0 Å². The summed E-state index contributed by atoms with van der Waals surface area (Å²) in [4.78, 5) is 11.4. The van der Waals surface area contributed by atoms with Gasteiger partial charge in [0.1, 0.15) is 17.3 Å². The van der Waals surface area contributed by atoms with Crippen LogP contribution >= 0.6 is 0 Å². The van der Waals surface area contributed by atoms with Crippen LogP contribution in [0.5, 0.6) is 0 Å². The Balaban J connectivity index is 2.48. The molecule has 0 aliphatic heterocycles. The maximum absolute atomic E-state index is 12.7. The van der Waals surface area contributed by atoms with E-state index in [-0.39, 0.29) is 12.8 Å². The Morgan fingerprint density at radius 3 is 2.47 bits per heavy atom. The molecule has 3 nitrogen and oxygen atoms in total. The van der Waals surface area contributed by atoms with Gasteiger partial charge in [-0.15, -0.1) is 6.42 Å². The van der Waals surface area contributed by atoms with Gasteiger partial charge in [0.05, 0.1) is 0 Å². The van der Waals surface area contributed by atoms with Crippen LogP contribution in [0.25, 0.3) is 0 Å².